The number of alkyl halides is 3. The summed E-state index contributed by atoms with van der Waals surface area (Å²) in [5.74, 6) is -1.10. The van der Waals surface area contributed by atoms with E-state index in [9.17, 15) is 13.2 Å². The van der Waals surface area contributed by atoms with E-state index in [1.165, 1.54) is 0 Å². The Kier molecular flexibility index (Phi) is 6.13. The van der Waals surface area contributed by atoms with Crippen molar-refractivity contribution >= 4 is 0 Å². The molecule has 1 saturated heterocycles. The van der Waals surface area contributed by atoms with Crippen LogP contribution >= 0.6 is 0 Å². The molecule has 2 nitrogen and oxygen atoms in total. The fraction of sp³-hybridized carbons (Fsp3) is 1.00. The van der Waals surface area contributed by atoms with Crippen LogP contribution in [0.15, 0.2) is 0 Å². The quantitative estimate of drug-likeness (QED) is 0.824. The summed E-state index contributed by atoms with van der Waals surface area (Å²) in [7, 11) is 0. The third-order valence-corrected chi connectivity index (χ3v) is 4.55. The van der Waals surface area contributed by atoms with Crippen molar-refractivity contribution in [3.63, 3.8) is 0 Å². The summed E-state index contributed by atoms with van der Waals surface area (Å²) < 4.78 is 38.1. The van der Waals surface area contributed by atoms with Crippen molar-refractivity contribution in [1.82, 2.24) is 10.2 Å². The normalized spacial score (nSPS) is 22.3. The highest BCUT2D eigenvalue weighted by atomic mass is 19.4. The van der Waals surface area contributed by atoms with Gasteiger partial charge in [-0.2, -0.15) is 13.2 Å². The number of nitrogens with one attached hydrogen (secondary N) is 1. The number of likely N-dealkylation sites (tertiary alicyclic amines) is 1. The van der Waals surface area contributed by atoms with Gasteiger partial charge in [0.2, 0.25) is 0 Å². The largest absolute Gasteiger partial charge is 0.391 e. The first kappa shape index (κ1) is 18.8. The Morgan fingerprint density at radius 3 is 1.95 bits per heavy atom. The Labute approximate surface area is 127 Å². The highest BCUT2D eigenvalue weighted by Gasteiger charge is 2.41. The van der Waals surface area contributed by atoms with Gasteiger partial charge in [0, 0.05) is 18.6 Å². The predicted octanol–water partition coefficient (Wildman–Crippen LogP) is 4.07. The van der Waals surface area contributed by atoms with Gasteiger partial charge in [-0.15, -0.1) is 0 Å². The van der Waals surface area contributed by atoms with Gasteiger partial charge in [0.1, 0.15) is 0 Å². The van der Waals surface area contributed by atoms with Crippen molar-refractivity contribution in [2.24, 2.45) is 11.3 Å². The highest BCUT2D eigenvalue weighted by Crippen LogP contribution is 2.35. The van der Waals surface area contributed by atoms with E-state index in [0.717, 1.165) is 19.5 Å². The molecule has 0 spiro atoms. The molecule has 1 rings (SSSR count). The van der Waals surface area contributed by atoms with Crippen LogP contribution in [0.25, 0.3) is 0 Å². The molecule has 0 aromatic heterocycles. The van der Waals surface area contributed by atoms with E-state index in [-0.39, 0.29) is 23.8 Å². The molecule has 0 radical (unpaired) electrons. The monoisotopic (exact) mass is 308 g/mol. The average Bonchev–Trinajstić information content (AvgIpc) is 2.35. The standard InChI is InChI=1S/C16H31F3N2/c1-6-15(5,11-20-14(2,3)4)12-21-9-7-13(8-10-21)16(17,18)19/h13,20H,6-12H2,1-5H3. The van der Waals surface area contributed by atoms with Crippen LogP contribution in [-0.2, 0) is 0 Å². The number of halogens is 3. The Morgan fingerprint density at radius 1 is 1.05 bits per heavy atom. The minimum Gasteiger partial charge on any atom is -0.311 e. The zero-order valence-corrected chi connectivity index (χ0v) is 14.1. The molecule has 0 aromatic rings. The van der Waals surface area contributed by atoms with Crippen molar-refractivity contribution in [2.75, 3.05) is 26.2 Å². The molecule has 5 heteroatoms. The summed E-state index contributed by atoms with van der Waals surface area (Å²) >= 11 is 0. The van der Waals surface area contributed by atoms with E-state index in [0.29, 0.717) is 13.1 Å². The third-order valence-electron chi connectivity index (χ3n) is 4.55. The van der Waals surface area contributed by atoms with Gasteiger partial charge in [-0.3, -0.25) is 0 Å². The fourth-order valence-electron chi connectivity index (χ4n) is 2.73. The van der Waals surface area contributed by atoms with Gasteiger partial charge in [0.05, 0.1) is 5.92 Å². The minimum atomic E-state index is -4.02. The average molecular weight is 308 g/mol. The van der Waals surface area contributed by atoms with Gasteiger partial charge >= 0.3 is 6.18 Å². The van der Waals surface area contributed by atoms with E-state index >= 15 is 0 Å². The summed E-state index contributed by atoms with van der Waals surface area (Å²) in [4.78, 5) is 2.20. The SMILES string of the molecule is CCC(C)(CNC(C)(C)C)CN1CCC(C(F)(F)F)CC1. The van der Waals surface area contributed by atoms with Crippen molar-refractivity contribution < 1.29 is 13.2 Å². The maximum atomic E-state index is 12.7. The lowest BCUT2D eigenvalue weighted by Gasteiger charge is -2.40. The Bertz CT molecular complexity index is 314. The molecule has 0 bridgehead atoms. The van der Waals surface area contributed by atoms with E-state index in [2.05, 4.69) is 44.8 Å². The van der Waals surface area contributed by atoms with Crippen molar-refractivity contribution in [3.05, 3.63) is 0 Å². The van der Waals surface area contributed by atoms with Crippen molar-refractivity contribution in [2.45, 2.75) is 65.6 Å². The maximum absolute atomic E-state index is 12.7. The van der Waals surface area contributed by atoms with Crippen LogP contribution in [0.5, 0.6) is 0 Å². The van der Waals surface area contributed by atoms with Crippen molar-refractivity contribution in [3.8, 4) is 0 Å². The molecular weight excluding hydrogens is 277 g/mol. The van der Waals surface area contributed by atoms with Gasteiger partial charge in [-0.25, -0.2) is 0 Å². The van der Waals surface area contributed by atoms with Crippen LogP contribution in [0.1, 0.15) is 53.9 Å². The maximum Gasteiger partial charge on any atom is 0.391 e. The summed E-state index contributed by atoms with van der Waals surface area (Å²) in [5, 5.41) is 3.53. The van der Waals surface area contributed by atoms with Crippen molar-refractivity contribution in [1.29, 1.82) is 0 Å². The second kappa shape index (κ2) is 6.86. The number of hydrogen-bond donors (Lipinski definition) is 1. The van der Waals surface area contributed by atoms with Gasteiger partial charge < -0.3 is 10.2 Å². The molecule has 21 heavy (non-hydrogen) atoms. The molecule has 0 saturated carbocycles. The van der Waals surface area contributed by atoms with Crippen LogP contribution in [0.4, 0.5) is 13.2 Å². The lowest BCUT2D eigenvalue weighted by Crippen LogP contribution is -2.49. The van der Waals surface area contributed by atoms with Crippen LogP contribution in [0, 0.1) is 11.3 Å². The topological polar surface area (TPSA) is 15.3 Å². The zero-order chi connectivity index (χ0) is 16.3. The first-order valence-corrected chi connectivity index (χ1v) is 7.99. The zero-order valence-electron chi connectivity index (χ0n) is 14.1. The molecule has 1 atom stereocenters. The van der Waals surface area contributed by atoms with Gasteiger partial charge in [-0.1, -0.05) is 13.8 Å². The molecule has 1 aliphatic heterocycles. The Hall–Kier alpha value is -0.290. The van der Waals surface area contributed by atoms with Gasteiger partial charge in [0.15, 0.2) is 0 Å². The first-order chi connectivity index (χ1) is 9.45. The van der Waals surface area contributed by atoms with Gasteiger partial charge in [0.25, 0.3) is 0 Å². The lowest BCUT2D eigenvalue weighted by atomic mass is 9.84. The molecule has 0 aliphatic carbocycles. The molecule has 1 unspecified atom stereocenters. The predicted molar refractivity (Wildman–Crippen MR) is 81.4 cm³/mol. The molecule has 1 fully saturated rings. The fourth-order valence-corrected chi connectivity index (χ4v) is 2.73. The molecule has 1 heterocycles. The second-order valence-corrected chi connectivity index (χ2v) is 7.86. The van der Waals surface area contributed by atoms with Crippen LogP contribution in [0.2, 0.25) is 0 Å². The van der Waals surface area contributed by atoms with E-state index in [4.69, 9.17) is 0 Å². The van der Waals surface area contributed by atoms with E-state index < -0.39 is 12.1 Å². The van der Waals surface area contributed by atoms with E-state index in [1.807, 2.05) is 0 Å². The number of hydrogen-bond acceptors (Lipinski definition) is 2. The Balaban J connectivity index is 2.48. The number of nitrogens with zero attached hydrogens (tertiary/aromatic N) is 1. The number of rotatable bonds is 5. The summed E-state index contributed by atoms with van der Waals surface area (Å²) in [6.07, 6.45) is -2.50. The highest BCUT2D eigenvalue weighted by molar-refractivity contribution is 4.86. The summed E-state index contributed by atoms with van der Waals surface area (Å²) in [6.45, 7) is 13.7. The smallest absolute Gasteiger partial charge is 0.311 e. The molecule has 126 valence electrons. The molecule has 1 N–H and O–H groups in total. The summed E-state index contributed by atoms with van der Waals surface area (Å²) in [6, 6.07) is 0. The molecule has 0 aromatic carbocycles. The first-order valence-electron chi connectivity index (χ1n) is 7.99. The van der Waals surface area contributed by atoms with Crippen LogP contribution in [-0.4, -0.2) is 42.8 Å². The van der Waals surface area contributed by atoms with Gasteiger partial charge in [-0.05, 0) is 58.5 Å². The van der Waals surface area contributed by atoms with Crippen LogP contribution < -0.4 is 5.32 Å². The Morgan fingerprint density at radius 2 is 1.57 bits per heavy atom. The third kappa shape index (κ3) is 6.55. The minimum absolute atomic E-state index is 0.0692. The molecule has 0 amide bonds. The summed E-state index contributed by atoms with van der Waals surface area (Å²) in [5.41, 5.74) is 0.179. The number of piperidine rings is 1. The molecule has 1 aliphatic rings. The van der Waals surface area contributed by atoms with E-state index in [1.54, 1.807) is 0 Å². The lowest BCUT2D eigenvalue weighted by molar-refractivity contribution is -0.185. The molecular formula is C16H31F3N2. The van der Waals surface area contributed by atoms with Crippen LogP contribution in [0.3, 0.4) is 0 Å². The second-order valence-electron chi connectivity index (χ2n) is 7.86.